The van der Waals surface area contributed by atoms with Gasteiger partial charge in [-0.25, -0.2) is 4.79 Å². The van der Waals surface area contributed by atoms with E-state index >= 15 is 0 Å². The van der Waals surface area contributed by atoms with Crippen molar-refractivity contribution in [3.05, 3.63) is 10.0 Å². The van der Waals surface area contributed by atoms with Crippen LogP contribution in [0, 0.1) is 0 Å². The molecule has 1 rings (SSSR count). The van der Waals surface area contributed by atoms with Crippen molar-refractivity contribution < 1.29 is 49.0 Å². The first kappa shape index (κ1) is 18.3. The molecule has 0 aromatic carbocycles. The Morgan fingerprint density at radius 1 is 1.37 bits per heavy atom. The van der Waals surface area contributed by atoms with Crippen LogP contribution in [0.1, 0.15) is 35.6 Å². The predicted octanol–water partition coefficient (Wildman–Crippen LogP) is -3.03. The maximum Gasteiger partial charge on any atom is 1.00 e. The van der Waals surface area contributed by atoms with Crippen molar-refractivity contribution in [2.75, 3.05) is 6.54 Å². The number of hydrogen-bond acceptors (Lipinski definition) is 7. The largest absolute Gasteiger partial charge is 1.00 e. The summed E-state index contributed by atoms with van der Waals surface area (Å²) >= 11 is 0.929. The second-order valence-electron chi connectivity index (χ2n) is 4.47. The Balaban J connectivity index is 0.00000324. The molecule has 0 unspecified atom stereocenters. The molecular weight excluding hydrogens is 281 g/mol. The Labute approximate surface area is 137 Å². The number of rotatable bonds is 4. The third-order valence-electron chi connectivity index (χ3n) is 1.65. The van der Waals surface area contributed by atoms with Crippen molar-refractivity contribution in [2.45, 2.75) is 32.8 Å². The van der Waals surface area contributed by atoms with Gasteiger partial charge in [0.2, 0.25) is 0 Å². The van der Waals surface area contributed by atoms with E-state index in [1.54, 1.807) is 20.8 Å². The second kappa shape index (κ2) is 7.78. The van der Waals surface area contributed by atoms with Crippen molar-refractivity contribution in [1.82, 2.24) is 15.5 Å². The zero-order chi connectivity index (χ0) is 13.8. The minimum Gasteiger partial charge on any atom is -0.542 e. The number of alkyl carbamates (subject to hydrolysis) is 1. The van der Waals surface area contributed by atoms with Crippen LogP contribution in [-0.2, 0) is 11.2 Å². The van der Waals surface area contributed by atoms with E-state index < -0.39 is 17.7 Å². The second-order valence-corrected chi connectivity index (χ2v) is 5.53. The van der Waals surface area contributed by atoms with Crippen LogP contribution in [0.5, 0.6) is 0 Å². The number of amides is 1. The fourth-order valence-corrected chi connectivity index (χ4v) is 1.70. The summed E-state index contributed by atoms with van der Waals surface area (Å²) < 4.78 is 5.03. The van der Waals surface area contributed by atoms with Crippen LogP contribution in [0.3, 0.4) is 0 Å². The summed E-state index contributed by atoms with van der Waals surface area (Å²) in [5.74, 6) is -1.35. The molecule has 1 aromatic heterocycles. The molecule has 1 amide bonds. The quantitative estimate of drug-likeness (QED) is 0.593. The number of aromatic carboxylic acids is 1. The minimum atomic E-state index is -1.35. The van der Waals surface area contributed by atoms with Crippen LogP contribution < -0.4 is 40.0 Å². The van der Waals surface area contributed by atoms with Gasteiger partial charge in [0.15, 0.2) is 5.01 Å². The molecule has 0 bridgehead atoms. The Hall–Kier alpha value is -0.700. The van der Waals surface area contributed by atoms with Gasteiger partial charge in [0.1, 0.15) is 16.6 Å². The number of carbonyl (C=O) groups excluding carboxylic acids is 2. The zero-order valence-electron chi connectivity index (χ0n) is 11.3. The first-order valence-electron chi connectivity index (χ1n) is 5.28. The molecule has 0 radical (unpaired) electrons. The third kappa shape index (κ3) is 7.46. The van der Waals surface area contributed by atoms with Crippen LogP contribution in [0.15, 0.2) is 0 Å². The third-order valence-corrected chi connectivity index (χ3v) is 2.61. The summed E-state index contributed by atoms with van der Waals surface area (Å²) in [4.78, 5) is 21.8. The van der Waals surface area contributed by atoms with E-state index in [4.69, 9.17) is 4.74 Å². The van der Waals surface area contributed by atoms with Crippen LogP contribution >= 0.6 is 11.3 Å². The number of nitrogens with zero attached hydrogens (tertiary/aromatic N) is 2. The van der Waals surface area contributed by atoms with Crippen molar-refractivity contribution in [3.8, 4) is 0 Å². The number of carbonyl (C=O) groups is 2. The molecule has 0 saturated carbocycles. The SMILES string of the molecule is CC(C)(C)OC(=O)NCCc1nnc(C(=O)[O-])s1.[Na+]. The van der Waals surface area contributed by atoms with Crippen molar-refractivity contribution >= 4 is 23.4 Å². The molecule has 0 atom stereocenters. The maximum atomic E-state index is 11.3. The average Bonchev–Trinajstić information content (AvgIpc) is 2.63. The van der Waals surface area contributed by atoms with Crippen molar-refractivity contribution in [2.24, 2.45) is 0 Å². The summed E-state index contributed by atoms with van der Waals surface area (Å²) in [7, 11) is 0. The summed E-state index contributed by atoms with van der Waals surface area (Å²) in [6, 6.07) is 0. The fraction of sp³-hybridized carbons (Fsp3) is 0.600. The molecular formula is C10H14N3NaO4S. The van der Waals surface area contributed by atoms with Gasteiger partial charge in [0.05, 0.1) is 0 Å². The molecule has 7 nitrogen and oxygen atoms in total. The molecule has 1 heterocycles. The number of carboxylic acid groups (broad SMARTS) is 1. The van der Waals surface area contributed by atoms with E-state index in [9.17, 15) is 14.7 Å². The van der Waals surface area contributed by atoms with Gasteiger partial charge in [-0.1, -0.05) is 11.3 Å². The Morgan fingerprint density at radius 3 is 2.47 bits per heavy atom. The smallest absolute Gasteiger partial charge is 0.542 e. The molecule has 0 saturated heterocycles. The standard InChI is InChI=1S/C10H15N3O4S.Na/c1-10(2,3)17-9(16)11-5-4-6-12-13-7(18-6)8(14)15;/h4-5H2,1-3H3,(H,11,16)(H,14,15);/q;+1/p-1. The summed E-state index contributed by atoms with van der Waals surface area (Å²) in [6.45, 7) is 5.60. The predicted molar refractivity (Wildman–Crippen MR) is 62.2 cm³/mol. The molecule has 0 spiro atoms. The van der Waals surface area contributed by atoms with E-state index in [0.717, 1.165) is 11.3 Å². The topological polar surface area (TPSA) is 104 Å². The van der Waals surface area contributed by atoms with Gasteiger partial charge >= 0.3 is 35.7 Å². The van der Waals surface area contributed by atoms with E-state index in [1.807, 2.05) is 0 Å². The van der Waals surface area contributed by atoms with E-state index in [0.29, 0.717) is 18.0 Å². The van der Waals surface area contributed by atoms with Gasteiger partial charge in [-0.15, -0.1) is 10.2 Å². The molecule has 0 aliphatic carbocycles. The zero-order valence-corrected chi connectivity index (χ0v) is 14.2. The van der Waals surface area contributed by atoms with Crippen LogP contribution in [0.2, 0.25) is 0 Å². The maximum absolute atomic E-state index is 11.3. The van der Waals surface area contributed by atoms with Gasteiger partial charge in [0.25, 0.3) is 0 Å². The van der Waals surface area contributed by atoms with Crippen LogP contribution in [-0.4, -0.2) is 34.4 Å². The average molecular weight is 295 g/mol. The number of aromatic nitrogens is 2. The van der Waals surface area contributed by atoms with Crippen molar-refractivity contribution in [1.29, 1.82) is 0 Å². The summed E-state index contributed by atoms with van der Waals surface area (Å²) in [6.07, 6.45) is -0.128. The summed E-state index contributed by atoms with van der Waals surface area (Å²) in [5, 5.41) is 20.5. The molecule has 1 N–H and O–H groups in total. The first-order chi connectivity index (χ1) is 8.28. The monoisotopic (exact) mass is 295 g/mol. The Kier molecular flexibility index (Phi) is 7.50. The molecule has 0 fully saturated rings. The van der Waals surface area contributed by atoms with Crippen molar-refractivity contribution in [3.63, 3.8) is 0 Å². The molecule has 0 aliphatic heterocycles. The molecule has 100 valence electrons. The minimum absolute atomic E-state index is 0. The number of hydrogen-bond donors (Lipinski definition) is 1. The number of nitrogens with one attached hydrogen (secondary N) is 1. The van der Waals surface area contributed by atoms with Gasteiger partial charge in [-0.2, -0.15) is 0 Å². The van der Waals surface area contributed by atoms with Gasteiger partial charge in [0, 0.05) is 13.0 Å². The van der Waals surface area contributed by atoms with E-state index in [1.165, 1.54) is 0 Å². The Morgan fingerprint density at radius 2 is 2.00 bits per heavy atom. The fourth-order valence-electron chi connectivity index (χ4n) is 1.02. The van der Waals surface area contributed by atoms with E-state index in [2.05, 4.69) is 15.5 Å². The van der Waals surface area contributed by atoms with Gasteiger partial charge in [-0.3, -0.25) is 0 Å². The van der Waals surface area contributed by atoms with Gasteiger partial charge < -0.3 is 20.0 Å². The number of carboxylic acids is 1. The van der Waals surface area contributed by atoms with Crippen LogP contribution in [0.25, 0.3) is 0 Å². The molecule has 1 aromatic rings. The van der Waals surface area contributed by atoms with Crippen LogP contribution in [0.4, 0.5) is 4.79 Å². The van der Waals surface area contributed by atoms with E-state index in [-0.39, 0.29) is 34.6 Å². The first-order valence-corrected chi connectivity index (χ1v) is 6.10. The Bertz CT molecular complexity index is 444. The molecule has 19 heavy (non-hydrogen) atoms. The molecule has 0 aliphatic rings. The number of ether oxygens (including phenoxy) is 1. The summed E-state index contributed by atoms with van der Waals surface area (Å²) in [5.41, 5.74) is -0.547. The molecule has 9 heteroatoms. The normalized spacial score (nSPS) is 10.5. The van der Waals surface area contributed by atoms with Gasteiger partial charge in [-0.05, 0) is 20.8 Å².